The van der Waals surface area contributed by atoms with Crippen molar-refractivity contribution in [1.29, 1.82) is 0 Å². The molecule has 88 valence electrons. The Morgan fingerprint density at radius 1 is 0.765 bits per heavy atom. The largest absolute Gasteiger partial charge is 0.142 e. The lowest BCUT2D eigenvalue weighted by Crippen LogP contribution is -2.22. The molecule has 0 aliphatic carbocycles. The van der Waals surface area contributed by atoms with Crippen LogP contribution in [-0.4, -0.2) is 4.07 Å². The highest BCUT2D eigenvalue weighted by atomic mass is 35.5. The molecule has 0 unspecified atom stereocenters. The van der Waals surface area contributed by atoms with E-state index >= 15 is 0 Å². The average Bonchev–Trinajstić information content (AvgIpc) is 2.30. The zero-order valence-electron chi connectivity index (χ0n) is 9.48. The first-order chi connectivity index (χ1) is 8.09. The van der Waals surface area contributed by atoms with Crippen LogP contribution in [0.15, 0.2) is 60.7 Å². The Balaban J connectivity index is 2.48. The van der Waals surface area contributed by atoms with Gasteiger partial charge in [0.15, 0.2) is 0 Å². The molecule has 0 saturated heterocycles. The smallest absolute Gasteiger partial charge is 0.0961 e. The molecule has 0 fully saturated rings. The van der Waals surface area contributed by atoms with Crippen molar-refractivity contribution in [2.45, 2.75) is 11.0 Å². The Bertz CT molecular complexity index is 423. The number of hydrogen-bond acceptors (Lipinski definition) is 0. The summed E-state index contributed by atoms with van der Waals surface area (Å²) in [5, 5.41) is 2.39. The van der Waals surface area contributed by atoms with Crippen LogP contribution in [0.2, 0.25) is 0 Å². The zero-order chi connectivity index (χ0) is 12.3. The van der Waals surface area contributed by atoms with Crippen LogP contribution in [0.25, 0.3) is 0 Å². The predicted molar refractivity (Wildman–Crippen MR) is 79.2 cm³/mol. The van der Waals surface area contributed by atoms with E-state index in [1.165, 1.54) is 10.6 Å². The lowest BCUT2D eigenvalue weighted by molar-refractivity contribution is 1.27. The molecule has 0 bridgehead atoms. The maximum absolute atomic E-state index is 6.36. The molecule has 0 nitrogen and oxygen atoms in total. The third kappa shape index (κ3) is 3.22. The van der Waals surface area contributed by atoms with E-state index in [4.69, 9.17) is 23.2 Å². The standard InChI is InChI=1S/C14H13Cl2P/c1-14(15,16)17(12-8-4-2-5-9-12)13-10-6-3-7-11-13/h2-11H,1H3. The van der Waals surface area contributed by atoms with Gasteiger partial charge in [-0.05, 0) is 25.5 Å². The molecule has 0 amide bonds. The second-order valence-electron chi connectivity index (χ2n) is 3.85. The second-order valence-corrected chi connectivity index (χ2v) is 8.68. The van der Waals surface area contributed by atoms with Crippen molar-refractivity contribution in [1.82, 2.24) is 0 Å². The van der Waals surface area contributed by atoms with Crippen molar-refractivity contribution in [2.75, 3.05) is 0 Å². The van der Waals surface area contributed by atoms with Gasteiger partial charge in [-0.2, -0.15) is 0 Å². The zero-order valence-corrected chi connectivity index (χ0v) is 11.9. The molecular formula is C14H13Cl2P. The number of benzene rings is 2. The van der Waals surface area contributed by atoms with Gasteiger partial charge in [-0.1, -0.05) is 83.9 Å². The van der Waals surface area contributed by atoms with Gasteiger partial charge < -0.3 is 0 Å². The fraction of sp³-hybridized carbons (Fsp3) is 0.143. The van der Waals surface area contributed by atoms with Gasteiger partial charge in [0, 0.05) is 0 Å². The van der Waals surface area contributed by atoms with Crippen molar-refractivity contribution >= 4 is 41.7 Å². The Labute approximate surface area is 113 Å². The minimum atomic E-state index is -0.766. The lowest BCUT2D eigenvalue weighted by atomic mass is 10.4. The summed E-state index contributed by atoms with van der Waals surface area (Å²) < 4.78 is -0.766. The summed E-state index contributed by atoms with van der Waals surface area (Å²) in [5.74, 6) is 0. The predicted octanol–water partition coefficient (Wildman–Crippen LogP) is 4.27. The van der Waals surface area contributed by atoms with Crippen molar-refractivity contribution in [3.05, 3.63) is 60.7 Å². The first-order valence-electron chi connectivity index (χ1n) is 5.37. The molecule has 0 saturated carbocycles. The quantitative estimate of drug-likeness (QED) is 0.583. The Kier molecular flexibility index (Phi) is 4.09. The molecule has 0 N–H and O–H groups in total. The van der Waals surface area contributed by atoms with Crippen molar-refractivity contribution in [2.24, 2.45) is 0 Å². The molecule has 0 heterocycles. The monoisotopic (exact) mass is 282 g/mol. The first kappa shape index (κ1) is 12.9. The highest BCUT2D eigenvalue weighted by Crippen LogP contribution is 2.53. The summed E-state index contributed by atoms with van der Waals surface area (Å²) in [4.78, 5) is 0. The molecule has 0 atom stereocenters. The van der Waals surface area contributed by atoms with Crippen molar-refractivity contribution < 1.29 is 0 Å². The summed E-state index contributed by atoms with van der Waals surface area (Å²) in [6, 6.07) is 20.4. The molecule has 0 radical (unpaired) electrons. The normalized spacial score (nSPS) is 11.8. The summed E-state index contributed by atoms with van der Waals surface area (Å²) >= 11 is 12.7. The molecule has 0 aliphatic rings. The van der Waals surface area contributed by atoms with E-state index < -0.39 is 12.0 Å². The highest BCUT2D eigenvalue weighted by molar-refractivity contribution is 7.77. The summed E-state index contributed by atoms with van der Waals surface area (Å²) in [6.45, 7) is 1.86. The van der Waals surface area contributed by atoms with E-state index in [9.17, 15) is 0 Å². The maximum atomic E-state index is 6.36. The summed E-state index contributed by atoms with van der Waals surface area (Å²) in [6.07, 6.45) is 0. The van der Waals surface area contributed by atoms with Crippen LogP contribution in [0.1, 0.15) is 6.92 Å². The topological polar surface area (TPSA) is 0 Å². The van der Waals surface area contributed by atoms with Crippen molar-refractivity contribution in [3.63, 3.8) is 0 Å². The first-order valence-corrected chi connectivity index (χ1v) is 7.47. The molecule has 0 spiro atoms. The van der Waals surface area contributed by atoms with Crippen molar-refractivity contribution in [3.8, 4) is 0 Å². The fourth-order valence-corrected chi connectivity index (χ4v) is 5.07. The Morgan fingerprint density at radius 3 is 1.41 bits per heavy atom. The average molecular weight is 283 g/mol. The SMILES string of the molecule is CC(Cl)(Cl)P(c1ccccc1)c1ccccc1. The van der Waals surface area contributed by atoms with E-state index in [-0.39, 0.29) is 0 Å². The van der Waals surface area contributed by atoms with E-state index in [1.54, 1.807) is 0 Å². The Morgan fingerprint density at radius 2 is 1.12 bits per heavy atom. The van der Waals surface area contributed by atoms with Crippen LogP contribution in [-0.2, 0) is 0 Å². The van der Waals surface area contributed by atoms with Crippen LogP contribution < -0.4 is 10.6 Å². The van der Waals surface area contributed by atoms with Gasteiger partial charge in [0.25, 0.3) is 0 Å². The van der Waals surface area contributed by atoms with Gasteiger partial charge in [0.1, 0.15) is 4.07 Å². The second kappa shape index (κ2) is 5.40. The molecule has 0 aliphatic heterocycles. The van der Waals surface area contributed by atoms with E-state index in [2.05, 4.69) is 24.3 Å². The third-order valence-corrected chi connectivity index (χ3v) is 5.85. The van der Waals surface area contributed by atoms with Gasteiger partial charge in [-0.25, -0.2) is 0 Å². The van der Waals surface area contributed by atoms with Crippen LogP contribution in [0.4, 0.5) is 0 Å². The lowest BCUT2D eigenvalue weighted by Gasteiger charge is -2.27. The number of halogens is 2. The number of hydrogen-bond donors (Lipinski definition) is 0. The molecule has 2 aromatic carbocycles. The Hall–Kier alpha value is -0.550. The molecule has 2 aromatic rings. The van der Waals surface area contributed by atoms with Gasteiger partial charge in [-0.3, -0.25) is 0 Å². The van der Waals surface area contributed by atoms with Crippen LogP contribution in [0.3, 0.4) is 0 Å². The van der Waals surface area contributed by atoms with Gasteiger partial charge in [-0.15, -0.1) is 0 Å². The third-order valence-electron chi connectivity index (χ3n) is 2.42. The van der Waals surface area contributed by atoms with Gasteiger partial charge in [0.2, 0.25) is 0 Å². The van der Waals surface area contributed by atoms with Gasteiger partial charge >= 0.3 is 0 Å². The van der Waals surface area contributed by atoms with Gasteiger partial charge in [0.05, 0.1) is 0 Å². The van der Waals surface area contributed by atoms with E-state index in [1.807, 2.05) is 43.3 Å². The van der Waals surface area contributed by atoms with E-state index in [0.29, 0.717) is 0 Å². The maximum Gasteiger partial charge on any atom is 0.142 e. The minimum Gasteiger partial charge on any atom is -0.0961 e. The fourth-order valence-electron chi connectivity index (χ4n) is 1.76. The molecule has 2 rings (SSSR count). The summed E-state index contributed by atoms with van der Waals surface area (Å²) in [7, 11) is -0.761. The minimum absolute atomic E-state index is 0.761. The molecular weight excluding hydrogens is 270 g/mol. The van der Waals surface area contributed by atoms with Crippen LogP contribution in [0, 0.1) is 0 Å². The van der Waals surface area contributed by atoms with E-state index in [0.717, 1.165) is 0 Å². The number of alkyl halides is 2. The molecule has 3 heteroatoms. The number of rotatable bonds is 3. The summed E-state index contributed by atoms with van der Waals surface area (Å²) in [5.41, 5.74) is 0. The molecule has 17 heavy (non-hydrogen) atoms. The highest BCUT2D eigenvalue weighted by Gasteiger charge is 2.31. The molecule has 0 aromatic heterocycles. The van der Waals surface area contributed by atoms with Crippen LogP contribution >= 0.6 is 31.1 Å². The van der Waals surface area contributed by atoms with Crippen LogP contribution in [0.5, 0.6) is 0 Å².